The first-order chi connectivity index (χ1) is 3.63. The van der Waals surface area contributed by atoms with Gasteiger partial charge in [0.25, 0.3) is 0 Å². The lowest BCUT2D eigenvalue weighted by atomic mass is 10.1. The summed E-state index contributed by atoms with van der Waals surface area (Å²) >= 11 is 2.45. The molecule has 0 N–H and O–H groups in total. The van der Waals surface area contributed by atoms with Gasteiger partial charge in [-0.25, -0.2) is 0 Å². The van der Waals surface area contributed by atoms with Gasteiger partial charge in [0.2, 0.25) is 0 Å². The quantitative estimate of drug-likeness (QED) is 0.453. The summed E-state index contributed by atoms with van der Waals surface area (Å²) in [6.45, 7) is 5.24. The topological polar surface area (TPSA) is 9.23 Å². The number of rotatable bonds is 0. The average molecular weight is 226 g/mol. The molecule has 2 heteroatoms. The van der Waals surface area contributed by atoms with Gasteiger partial charge in [0.1, 0.15) is 0 Å². The minimum absolute atomic E-state index is 0.139. The second kappa shape index (κ2) is 2.14. The van der Waals surface area contributed by atoms with Crippen LogP contribution in [0.4, 0.5) is 0 Å². The number of alkyl halides is 1. The van der Waals surface area contributed by atoms with Gasteiger partial charge < -0.3 is 4.74 Å². The van der Waals surface area contributed by atoms with Gasteiger partial charge in [-0.2, -0.15) is 0 Å². The lowest BCUT2D eigenvalue weighted by molar-refractivity contribution is 0.0414. The predicted octanol–water partition coefficient (Wildman–Crippen LogP) is 1.99. The lowest BCUT2D eigenvalue weighted by Gasteiger charge is -2.20. The standard InChI is InChI=1S/C6H11IO/c1-6(2)5(7)3-4-8-6/h5H,3-4H2,1-2H3. The third-order valence-corrected chi connectivity index (χ3v) is 3.72. The van der Waals surface area contributed by atoms with Crippen molar-refractivity contribution < 1.29 is 4.74 Å². The molecule has 1 aliphatic heterocycles. The molecule has 0 radical (unpaired) electrons. The van der Waals surface area contributed by atoms with E-state index in [1.165, 1.54) is 6.42 Å². The molecule has 1 nitrogen and oxygen atoms in total. The second-order valence-corrected chi connectivity index (χ2v) is 4.21. The molecule has 1 heterocycles. The molecular weight excluding hydrogens is 215 g/mol. The molecule has 48 valence electrons. The molecule has 0 aliphatic carbocycles. The molecule has 8 heavy (non-hydrogen) atoms. The van der Waals surface area contributed by atoms with Crippen LogP contribution in [-0.4, -0.2) is 16.1 Å². The summed E-state index contributed by atoms with van der Waals surface area (Å²) in [6, 6.07) is 0. The van der Waals surface area contributed by atoms with E-state index >= 15 is 0 Å². The maximum absolute atomic E-state index is 5.45. The number of hydrogen-bond acceptors (Lipinski definition) is 1. The number of halogens is 1. The zero-order valence-electron chi connectivity index (χ0n) is 5.28. The first-order valence-electron chi connectivity index (χ1n) is 2.91. The Morgan fingerprint density at radius 3 is 2.38 bits per heavy atom. The van der Waals surface area contributed by atoms with Crippen molar-refractivity contribution >= 4 is 22.6 Å². The second-order valence-electron chi connectivity index (χ2n) is 2.71. The van der Waals surface area contributed by atoms with Crippen LogP contribution >= 0.6 is 22.6 Å². The molecule has 1 atom stereocenters. The van der Waals surface area contributed by atoms with Crippen molar-refractivity contribution in [3.63, 3.8) is 0 Å². The van der Waals surface area contributed by atoms with Crippen LogP contribution in [0.3, 0.4) is 0 Å². The fraction of sp³-hybridized carbons (Fsp3) is 1.00. The average Bonchev–Trinajstić information content (AvgIpc) is 1.86. The number of hydrogen-bond donors (Lipinski definition) is 0. The van der Waals surface area contributed by atoms with Crippen molar-refractivity contribution in [2.75, 3.05) is 6.61 Å². The number of ether oxygens (including phenoxy) is 1. The molecule has 0 spiro atoms. The predicted molar refractivity (Wildman–Crippen MR) is 42.5 cm³/mol. The Bertz CT molecular complexity index is 90.5. The van der Waals surface area contributed by atoms with Crippen molar-refractivity contribution in [3.8, 4) is 0 Å². The van der Waals surface area contributed by atoms with Crippen LogP contribution in [0.1, 0.15) is 20.3 Å². The Hall–Kier alpha value is 0.690. The van der Waals surface area contributed by atoms with Gasteiger partial charge in [-0.05, 0) is 20.3 Å². The molecule has 0 aromatic carbocycles. The minimum atomic E-state index is 0.139. The van der Waals surface area contributed by atoms with E-state index in [1.807, 2.05) is 0 Å². The zero-order chi connectivity index (χ0) is 6.20. The minimum Gasteiger partial charge on any atom is -0.374 e. The maximum Gasteiger partial charge on any atom is 0.0744 e. The Morgan fingerprint density at radius 2 is 2.25 bits per heavy atom. The molecule has 0 saturated carbocycles. The van der Waals surface area contributed by atoms with Gasteiger partial charge in [0, 0.05) is 10.5 Å². The summed E-state index contributed by atoms with van der Waals surface area (Å²) in [7, 11) is 0. The molecular formula is C6H11IO. The summed E-state index contributed by atoms with van der Waals surface area (Å²) in [5.74, 6) is 0. The van der Waals surface area contributed by atoms with Gasteiger partial charge >= 0.3 is 0 Å². The monoisotopic (exact) mass is 226 g/mol. The highest BCUT2D eigenvalue weighted by atomic mass is 127. The normalized spacial score (nSPS) is 35.6. The third kappa shape index (κ3) is 1.16. The van der Waals surface area contributed by atoms with Crippen LogP contribution in [0.25, 0.3) is 0 Å². The van der Waals surface area contributed by atoms with Gasteiger partial charge in [0.15, 0.2) is 0 Å². The van der Waals surface area contributed by atoms with Crippen LogP contribution in [0, 0.1) is 0 Å². The van der Waals surface area contributed by atoms with E-state index < -0.39 is 0 Å². The van der Waals surface area contributed by atoms with Gasteiger partial charge in [0.05, 0.1) is 5.60 Å². The molecule has 1 fully saturated rings. The van der Waals surface area contributed by atoms with E-state index in [0.717, 1.165) is 6.61 Å². The van der Waals surface area contributed by atoms with Gasteiger partial charge in [-0.3, -0.25) is 0 Å². The Balaban J connectivity index is 2.54. The van der Waals surface area contributed by atoms with Crippen LogP contribution in [0.2, 0.25) is 0 Å². The largest absolute Gasteiger partial charge is 0.374 e. The van der Waals surface area contributed by atoms with Crippen LogP contribution in [0.15, 0.2) is 0 Å². The Kier molecular flexibility index (Phi) is 1.82. The summed E-state index contributed by atoms with van der Waals surface area (Å²) in [5, 5.41) is 0. The first kappa shape index (κ1) is 6.81. The van der Waals surface area contributed by atoms with E-state index in [2.05, 4.69) is 36.4 Å². The molecule has 0 aromatic heterocycles. The zero-order valence-corrected chi connectivity index (χ0v) is 7.44. The fourth-order valence-corrected chi connectivity index (χ4v) is 1.30. The van der Waals surface area contributed by atoms with Gasteiger partial charge in [-0.15, -0.1) is 0 Å². The summed E-state index contributed by atoms with van der Waals surface area (Å²) < 4.78 is 6.15. The van der Waals surface area contributed by atoms with E-state index in [1.54, 1.807) is 0 Å². The van der Waals surface area contributed by atoms with E-state index in [4.69, 9.17) is 4.74 Å². The summed E-state index contributed by atoms with van der Waals surface area (Å²) in [4.78, 5) is 0. The maximum atomic E-state index is 5.45. The Morgan fingerprint density at radius 1 is 1.62 bits per heavy atom. The smallest absolute Gasteiger partial charge is 0.0744 e. The van der Waals surface area contributed by atoms with Crippen LogP contribution < -0.4 is 0 Å². The van der Waals surface area contributed by atoms with Crippen molar-refractivity contribution in [2.24, 2.45) is 0 Å². The highest BCUT2D eigenvalue weighted by Gasteiger charge is 2.33. The molecule has 0 bridgehead atoms. The highest BCUT2D eigenvalue weighted by Crippen LogP contribution is 2.30. The van der Waals surface area contributed by atoms with E-state index in [-0.39, 0.29) is 5.60 Å². The SMILES string of the molecule is CC1(C)OCCC1I. The van der Waals surface area contributed by atoms with E-state index in [0.29, 0.717) is 3.92 Å². The lowest BCUT2D eigenvalue weighted by Crippen LogP contribution is -2.26. The molecule has 0 amide bonds. The van der Waals surface area contributed by atoms with Crippen LogP contribution in [0.5, 0.6) is 0 Å². The highest BCUT2D eigenvalue weighted by molar-refractivity contribution is 14.1. The summed E-state index contributed by atoms with van der Waals surface area (Å²) in [5.41, 5.74) is 0.139. The molecule has 1 saturated heterocycles. The van der Waals surface area contributed by atoms with Crippen molar-refractivity contribution in [1.29, 1.82) is 0 Å². The van der Waals surface area contributed by atoms with Crippen molar-refractivity contribution in [3.05, 3.63) is 0 Å². The Labute approximate surface area is 63.9 Å². The molecule has 1 rings (SSSR count). The third-order valence-electron chi connectivity index (χ3n) is 1.60. The van der Waals surface area contributed by atoms with Gasteiger partial charge in [-0.1, -0.05) is 22.6 Å². The van der Waals surface area contributed by atoms with Crippen molar-refractivity contribution in [1.82, 2.24) is 0 Å². The van der Waals surface area contributed by atoms with Crippen molar-refractivity contribution in [2.45, 2.75) is 29.8 Å². The first-order valence-corrected chi connectivity index (χ1v) is 4.15. The summed E-state index contributed by atoms with van der Waals surface area (Å²) in [6.07, 6.45) is 1.22. The molecule has 0 aromatic rings. The van der Waals surface area contributed by atoms with Crippen LogP contribution in [-0.2, 0) is 4.74 Å². The molecule has 1 aliphatic rings. The molecule has 1 unspecified atom stereocenters. The fourth-order valence-electron chi connectivity index (χ4n) is 0.863. The van der Waals surface area contributed by atoms with E-state index in [9.17, 15) is 0 Å².